The monoisotopic (exact) mass is 352 g/mol. The van der Waals surface area contributed by atoms with Gasteiger partial charge in [0.15, 0.2) is 0 Å². The van der Waals surface area contributed by atoms with Crippen molar-refractivity contribution in [2.75, 3.05) is 0 Å². The van der Waals surface area contributed by atoms with Crippen molar-refractivity contribution in [2.24, 2.45) is 0 Å². The minimum absolute atomic E-state index is 0.100. The third kappa shape index (κ3) is 2.99. The average molecular weight is 353 g/mol. The summed E-state index contributed by atoms with van der Waals surface area (Å²) in [6.07, 6.45) is 3.41. The molecule has 0 spiro atoms. The van der Waals surface area contributed by atoms with Crippen LogP contribution in [-0.2, 0) is 6.42 Å². The van der Waals surface area contributed by atoms with Crippen LogP contribution in [0.3, 0.4) is 0 Å². The molecule has 2 aromatic carbocycles. The first-order valence-corrected chi connectivity index (χ1v) is 7.98. The molecule has 0 radical (unpaired) electrons. The molecule has 4 rings (SSSR count). The lowest BCUT2D eigenvalue weighted by Gasteiger charge is -2.04. The average Bonchev–Trinajstić information content (AvgIpc) is 3.22. The summed E-state index contributed by atoms with van der Waals surface area (Å²) in [5, 5.41) is 13.7. The zero-order valence-electron chi connectivity index (χ0n) is 13.0. The maximum Gasteiger partial charge on any atom is 0.338 e. The van der Waals surface area contributed by atoms with Crippen molar-refractivity contribution >= 4 is 28.6 Å². The number of hydrogen-bond acceptors (Lipinski definition) is 3. The zero-order chi connectivity index (χ0) is 17.4. The van der Waals surface area contributed by atoms with Crippen molar-refractivity contribution in [2.45, 2.75) is 6.42 Å². The summed E-state index contributed by atoms with van der Waals surface area (Å²) in [7, 11) is 0. The SMILES string of the molecule is O=C(O)c1cnn(-c2nc3cc(Cl)c(Cc4ccccc4)cc3[nH]2)c1. The summed E-state index contributed by atoms with van der Waals surface area (Å²) >= 11 is 6.40. The highest BCUT2D eigenvalue weighted by atomic mass is 35.5. The Balaban J connectivity index is 1.72. The Hall–Kier alpha value is -3.12. The fourth-order valence-corrected chi connectivity index (χ4v) is 2.90. The van der Waals surface area contributed by atoms with Gasteiger partial charge in [-0.2, -0.15) is 5.10 Å². The van der Waals surface area contributed by atoms with Crippen LogP contribution in [0.1, 0.15) is 21.5 Å². The Labute approximate surface area is 147 Å². The number of aromatic carboxylic acids is 1. The molecule has 7 heteroatoms. The first-order valence-electron chi connectivity index (χ1n) is 7.60. The van der Waals surface area contributed by atoms with Crippen molar-refractivity contribution in [1.29, 1.82) is 0 Å². The molecule has 0 saturated carbocycles. The van der Waals surface area contributed by atoms with Crippen molar-refractivity contribution in [3.63, 3.8) is 0 Å². The van der Waals surface area contributed by atoms with Crippen LogP contribution < -0.4 is 0 Å². The fourth-order valence-electron chi connectivity index (χ4n) is 2.67. The molecular weight excluding hydrogens is 340 g/mol. The molecule has 0 amide bonds. The number of fused-ring (bicyclic) bond motifs is 1. The zero-order valence-corrected chi connectivity index (χ0v) is 13.7. The number of H-pyrrole nitrogens is 1. The number of hydrogen-bond donors (Lipinski definition) is 2. The number of benzene rings is 2. The van der Waals surface area contributed by atoms with Gasteiger partial charge in [-0.1, -0.05) is 41.9 Å². The van der Waals surface area contributed by atoms with Crippen molar-refractivity contribution < 1.29 is 9.90 Å². The van der Waals surface area contributed by atoms with Gasteiger partial charge in [0.05, 0.1) is 22.8 Å². The van der Waals surface area contributed by atoms with Gasteiger partial charge in [-0.25, -0.2) is 14.5 Å². The third-order valence-corrected chi connectivity index (χ3v) is 4.27. The van der Waals surface area contributed by atoms with Crippen LogP contribution in [0.25, 0.3) is 17.0 Å². The Morgan fingerprint density at radius 2 is 2.04 bits per heavy atom. The van der Waals surface area contributed by atoms with Gasteiger partial charge >= 0.3 is 5.97 Å². The lowest BCUT2D eigenvalue weighted by molar-refractivity contribution is 0.0697. The topological polar surface area (TPSA) is 83.8 Å². The van der Waals surface area contributed by atoms with Gasteiger partial charge in [-0.05, 0) is 29.7 Å². The summed E-state index contributed by atoms with van der Waals surface area (Å²) in [5.74, 6) is -0.592. The van der Waals surface area contributed by atoms with Gasteiger partial charge < -0.3 is 10.1 Å². The van der Waals surface area contributed by atoms with Gasteiger partial charge in [-0.3, -0.25) is 0 Å². The number of carbonyl (C=O) groups is 1. The van der Waals surface area contributed by atoms with E-state index in [0.29, 0.717) is 16.5 Å². The second-order valence-electron chi connectivity index (χ2n) is 5.66. The molecule has 0 aliphatic rings. The number of halogens is 1. The number of imidazole rings is 1. The van der Waals surface area contributed by atoms with E-state index in [1.165, 1.54) is 22.6 Å². The van der Waals surface area contributed by atoms with E-state index < -0.39 is 5.97 Å². The molecule has 0 unspecified atom stereocenters. The second-order valence-corrected chi connectivity index (χ2v) is 6.07. The molecule has 25 heavy (non-hydrogen) atoms. The largest absolute Gasteiger partial charge is 0.478 e. The predicted molar refractivity (Wildman–Crippen MR) is 94.4 cm³/mol. The van der Waals surface area contributed by atoms with Crippen LogP contribution in [0.4, 0.5) is 0 Å². The number of carboxylic acid groups (broad SMARTS) is 1. The van der Waals surface area contributed by atoms with Crippen LogP contribution in [0.15, 0.2) is 54.9 Å². The molecule has 124 valence electrons. The van der Waals surface area contributed by atoms with E-state index in [1.54, 1.807) is 6.07 Å². The van der Waals surface area contributed by atoms with Crippen molar-refractivity contribution in [3.05, 3.63) is 76.6 Å². The Morgan fingerprint density at radius 1 is 1.24 bits per heavy atom. The molecule has 4 aromatic rings. The minimum Gasteiger partial charge on any atom is -0.478 e. The van der Waals surface area contributed by atoms with Crippen LogP contribution in [0, 0.1) is 0 Å². The number of nitrogens with zero attached hydrogens (tertiary/aromatic N) is 3. The highest BCUT2D eigenvalue weighted by Gasteiger charge is 2.12. The van der Waals surface area contributed by atoms with Gasteiger partial charge in [0, 0.05) is 11.2 Å². The normalized spacial score (nSPS) is 11.1. The summed E-state index contributed by atoms with van der Waals surface area (Å²) in [5.41, 5.74) is 3.77. The van der Waals surface area contributed by atoms with Gasteiger partial charge in [-0.15, -0.1) is 0 Å². The van der Waals surface area contributed by atoms with Crippen molar-refractivity contribution in [1.82, 2.24) is 19.7 Å². The van der Waals surface area contributed by atoms with Gasteiger partial charge in [0.1, 0.15) is 0 Å². The standard InChI is InChI=1S/C18H13ClN4O2/c19-14-8-16-15(7-12(14)6-11-4-2-1-3-5-11)21-18(22-16)23-10-13(9-20-23)17(24)25/h1-5,7-10H,6H2,(H,21,22)(H,24,25). The Kier molecular flexibility index (Phi) is 3.74. The van der Waals surface area contributed by atoms with E-state index in [9.17, 15) is 4.79 Å². The number of carboxylic acids is 1. The van der Waals surface area contributed by atoms with Crippen LogP contribution in [-0.4, -0.2) is 30.8 Å². The quantitative estimate of drug-likeness (QED) is 0.586. The Bertz CT molecular complexity index is 1070. The summed E-state index contributed by atoms with van der Waals surface area (Å²) < 4.78 is 1.40. The van der Waals surface area contributed by atoms with Crippen LogP contribution >= 0.6 is 11.6 Å². The van der Waals surface area contributed by atoms with Crippen LogP contribution in [0.5, 0.6) is 0 Å². The summed E-state index contributed by atoms with van der Waals surface area (Å²) in [6, 6.07) is 13.8. The molecule has 0 saturated heterocycles. The number of rotatable bonds is 4. The molecule has 0 fully saturated rings. The number of aromatic nitrogens is 4. The number of aromatic amines is 1. The lowest BCUT2D eigenvalue weighted by Crippen LogP contribution is -1.97. The maximum absolute atomic E-state index is 11.0. The first-order chi connectivity index (χ1) is 12.1. The van der Waals surface area contributed by atoms with Gasteiger partial charge in [0.25, 0.3) is 0 Å². The highest BCUT2D eigenvalue weighted by Crippen LogP contribution is 2.25. The molecule has 0 aliphatic heterocycles. The molecule has 2 N–H and O–H groups in total. The number of nitrogens with one attached hydrogen (secondary N) is 1. The van der Waals surface area contributed by atoms with E-state index in [0.717, 1.165) is 17.5 Å². The molecule has 0 atom stereocenters. The lowest BCUT2D eigenvalue weighted by atomic mass is 10.0. The molecule has 2 aromatic heterocycles. The van der Waals surface area contributed by atoms with E-state index in [2.05, 4.69) is 27.2 Å². The van der Waals surface area contributed by atoms with Gasteiger partial charge in [0.2, 0.25) is 5.95 Å². The van der Waals surface area contributed by atoms with E-state index in [1.807, 2.05) is 24.3 Å². The van der Waals surface area contributed by atoms with E-state index >= 15 is 0 Å². The smallest absolute Gasteiger partial charge is 0.338 e. The Morgan fingerprint density at radius 3 is 2.76 bits per heavy atom. The fraction of sp³-hybridized carbons (Fsp3) is 0.0556. The predicted octanol–water partition coefficient (Wildman–Crippen LogP) is 3.69. The van der Waals surface area contributed by atoms with E-state index in [-0.39, 0.29) is 5.56 Å². The summed E-state index contributed by atoms with van der Waals surface area (Å²) in [6.45, 7) is 0. The summed E-state index contributed by atoms with van der Waals surface area (Å²) in [4.78, 5) is 18.6. The molecule has 2 heterocycles. The van der Waals surface area contributed by atoms with E-state index in [4.69, 9.17) is 16.7 Å². The molecular formula is C18H13ClN4O2. The second kappa shape index (κ2) is 6.07. The minimum atomic E-state index is -1.03. The maximum atomic E-state index is 11.0. The molecule has 0 aliphatic carbocycles. The highest BCUT2D eigenvalue weighted by molar-refractivity contribution is 6.32. The first kappa shape index (κ1) is 15.4. The third-order valence-electron chi connectivity index (χ3n) is 3.92. The molecule has 6 nitrogen and oxygen atoms in total. The van der Waals surface area contributed by atoms with Crippen LogP contribution in [0.2, 0.25) is 5.02 Å². The molecule has 0 bridgehead atoms. The van der Waals surface area contributed by atoms with Crippen molar-refractivity contribution in [3.8, 4) is 5.95 Å².